The zero-order chi connectivity index (χ0) is 10.7. The minimum absolute atomic E-state index is 0.509. The molecule has 2 fully saturated rings. The molecule has 0 aliphatic heterocycles. The molecule has 0 aromatic heterocycles. The Morgan fingerprint density at radius 3 is 2.33 bits per heavy atom. The van der Waals surface area contributed by atoms with E-state index in [4.69, 9.17) is 4.74 Å². The van der Waals surface area contributed by atoms with Crippen molar-refractivity contribution in [2.45, 2.75) is 62.3 Å². The number of alkyl halides is 1. The SMILES string of the molecule is COC1CC(Br)CC(C2CCCCC2)C1. The Morgan fingerprint density at radius 1 is 0.933 bits per heavy atom. The predicted octanol–water partition coefficient (Wildman–Crippen LogP) is 4.15. The van der Waals surface area contributed by atoms with E-state index in [1.807, 2.05) is 7.11 Å². The Bertz CT molecular complexity index is 189. The molecule has 0 N–H and O–H groups in total. The summed E-state index contributed by atoms with van der Waals surface area (Å²) in [5.41, 5.74) is 0. The van der Waals surface area contributed by atoms with Gasteiger partial charge in [0.15, 0.2) is 0 Å². The molecule has 0 spiro atoms. The highest BCUT2D eigenvalue weighted by atomic mass is 79.9. The molecule has 3 unspecified atom stereocenters. The molecule has 0 aromatic rings. The van der Waals surface area contributed by atoms with Crippen LogP contribution in [0.1, 0.15) is 51.4 Å². The molecule has 0 saturated heterocycles. The molecule has 2 aliphatic carbocycles. The second-order valence-electron chi connectivity index (χ2n) is 5.32. The minimum Gasteiger partial charge on any atom is -0.381 e. The molecule has 1 nitrogen and oxygen atoms in total. The summed E-state index contributed by atoms with van der Waals surface area (Å²) < 4.78 is 5.55. The normalized spacial score (nSPS) is 39.2. The second kappa shape index (κ2) is 5.67. The third kappa shape index (κ3) is 3.20. The van der Waals surface area contributed by atoms with Crippen LogP contribution >= 0.6 is 15.9 Å². The van der Waals surface area contributed by atoms with Crippen LogP contribution in [0, 0.1) is 11.8 Å². The summed E-state index contributed by atoms with van der Waals surface area (Å²) in [6, 6.07) is 0. The fraction of sp³-hybridized carbons (Fsp3) is 1.00. The van der Waals surface area contributed by atoms with Gasteiger partial charge in [0.25, 0.3) is 0 Å². The van der Waals surface area contributed by atoms with Gasteiger partial charge in [-0.25, -0.2) is 0 Å². The first-order valence-electron chi connectivity index (χ1n) is 6.46. The van der Waals surface area contributed by atoms with Gasteiger partial charge in [0.2, 0.25) is 0 Å². The molecule has 0 amide bonds. The number of hydrogen-bond acceptors (Lipinski definition) is 1. The Hall–Kier alpha value is 0.440. The van der Waals surface area contributed by atoms with Crippen molar-refractivity contribution >= 4 is 15.9 Å². The van der Waals surface area contributed by atoms with Crippen LogP contribution in [-0.4, -0.2) is 18.0 Å². The van der Waals surface area contributed by atoms with Crippen LogP contribution in [0.3, 0.4) is 0 Å². The molecule has 88 valence electrons. The van der Waals surface area contributed by atoms with Crippen molar-refractivity contribution in [1.82, 2.24) is 0 Å². The van der Waals surface area contributed by atoms with E-state index in [0.717, 1.165) is 11.8 Å². The van der Waals surface area contributed by atoms with Gasteiger partial charge in [-0.1, -0.05) is 48.0 Å². The van der Waals surface area contributed by atoms with Crippen LogP contribution < -0.4 is 0 Å². The number of halogens is 1. The molecule has 2 heteroatoms. The van der Waals surface area contributed by atoms with Crippen LogP contribution in [-0.2, 0) is 4.74 Å². The average molecular weight is 275 g/mol. The van der Waals surface area contributed by atoms with Crippen molar-refractivity contribution in [3.8, 4) is 0 Å². The Balaban J connectivity index is 1.89. The number of ether oxygens (including phenoxy) is 1. The van der Waals surface area contributed by atoms with Crippen molar-refractivity contribution in [3.63, 3.8) is 0 Å². The summed E-state index contributed by atoms with van der Waals surface area (Å²) in [6.07, 6.45) is 11.7. The van der Waals surface area contributed by atoms with Crippen LogP contribution in [0.4, 0.5) is 0 Å². The fourth-order valence-electron chi connectivity index (χ4n) is 3.42. The number of methoxy groups -OCH3 is 1. The summed E-state index contributed by atoms with van der Waals surface area (Å²) in [7, 11) is 1.87. The summed E-state index contributed by atoms with van der Waals surface area (Å²) in [5.74, 6) is 1.92. The van der Waals surface area contributed by atoms with E-state index in [9.17, 15) is 0 Å². The predicted molar refractivity (Wildman–Crippen MR) is 67.4 cm³/mol. The summed E-state index contributed by atoms with van der Waals surface area (Å²) in [5, 5.41) is 0. The molecule has 3 atom stereocenters. The maximum Gasteiger partial charge on any atom is 0.0584 e. The van der Waals surface area contributed by atoms with Gasteiger partial charge in [-0.2, -0.15) is 0 Å². The standard InChI is InChI=1S/C13H23BrO/c1-15-13-8-11(7-12(14)9-13)10-5-3-2-4-6-10/h10-13H,2-9H2,1H3. The summed E-state index contributed by atoms with van der Waals surface area (Å²) >= 11 is 3.80. The third-order valence-corrected chi connectivity index (χ3v) is 5.04. The largest absolute Gasteiger partial charge is 0.381 e. The highest BCUT2D eigenvalue weighted by molar-refractivity contribution is 9.09. The Labute approximate surface area is 102 Å². The lowest BCUT2D eigenvalue weighted by Crippen LogP contribution is -2.32. The van der Waals surface area contributed by atoms with E-state index < -0.39 is 0 Å². The highest BCUT2D eigenvalue weighted by Crippen LogP contribution is 2.40. The van der Waals surface area contributed by atoms with E-state index in [-0.39, 0.29) is 0 Å². The maximum atomic E-state index is 5.55. The molecular formula is C13H23BrO. The lowest BCUT2D eigenvalue weighted by atomic mass is 9.72. The van der Waals surface area contributed by atoms with E-state index in [0.29, 0.717) is 10.9 Å². The molecule has 2 rings (SSSR count). The molecular weight excluding hydrogens is 252 g/mol. The van der Waals surface area contributed by atoms with Crippen molar-refractivity contribution in [2.75, 3.05) is 7.11 Å². The zero-order valence-corrected chi connectivity index (χ0v) is 11.3. The summed E-state index contributed by atoms with van der Waals surface area (Å²) in [4.78, 5) is 0.697. The van der Waals surface area contributed by atoms with Crippen molar-refractivity contribution in [2.24, 2.45) is 11.8 Å². The molecule has 0 radical (unpaired) electrons. The van der Waals surface area contributed by atoms with Crippen molar-refractivity contribution in [1.29, 1.82) is 0 Å². The smallest absolute Gasteiger partial charge is 0.0584 e. The van der Waals surface area contributed by atoms with Gasteiger partial charge in [0.05, 0.1) is 6.10 Å². The monoisotopic (exact) mass is 274 g/mol. The molecule has 0 heterocycles. The minimum atomic E-state index is 0.509. The van der Waals surface area contributed by atoms with Gasteiger partial charge in [0.1, 0.15) is 0 Å². The highest BCUT2D eigenvalue weighted by Gasteiger charge is 2.32. The molecule has 2 aliphatic rings. The van der Waals surface area contributed by atoms with Crippen LogP contribution in [0.25, 0.3) is 0 Å². The molecule has 15 heavy (non-hydrogen) atoms. The summed E-state index contributed by atoms with van der Waals surface area (Å²) in [6.45, 7) is 0. The fourth-order valence-corrected chi connectivity index (χ4v) is 4.32. The van der Waals surface area contributed by atoms with Gasteiger partial charge in [-0.15, -0.1) is 0 Å². The second-order valence-corrected chi connectivity index (χ2v) is 6.62. The van der Waals surface area contributed by atoms with E-state index in [1.54, 1.807) is 0 Å². The van der Waals surface area contributed by atoms with Gasteiger partial charge in [0, 0.05) is 11.9 Å². The van der Waals surface area contributed by atoms with E-state index in [1.165, 1.54) is 51.4 Å². The van der Waals surface area contributed by atoms with Crippen molar-refractivity contribution < 1.29 is 4.74 Å². The van der Waals surface area contributed by atoms with Gasteiger partial charge >= 0.3 is 0 Å². The first-order valence-corrected chi connectivity index (χ1v) is 7.38. The molecule has 0 aromatic carbocycles. The van der Waals surface area contributed by atoms with Gasteiger partial charge in [-0.3, -0.25) is 0 Å². The quantitative estimate of drug-likeness (QED) is 0.688. The van der Waals surface area contributed by atoms with Crippen LogP contribution in [0.15, 0.2) is 0 Å². The number of hydrogen-bond donors (Lipinski definition) is 0. The number of rotatable bonds is 2. The lowest BCUT2D eigenvalue weighted by molar-refractivity contribution is 0.0347. The van der Waals surface area contributed by atoms with E-state index >= 15 is 0 Å². The molecule has 2 saturated carbocycles. The van der Waals surface area contributed by atoms with Gasteiger partial charge < -0.3 is 4.74 Å². The zero-order valence-electron chi connectivity index (χ0n) is 9.75. The Morgan fingerprint density at radius 2 is 1.67 bits per heavy atom. The first kappa shape index (κ1) is 11.9. The van der Waals surface area contributed by atoms with Gasteiger partial charge in [-0.05, 0) is 31.1 Å². The van der Waals surface area contributed by atoms with Crippen LogP contribution in [0.5, 0.6) is 0 Å². The van der Waals surface area contributed by atoms with Crippen molar-refractivity contribution in [3.05, 3.63) is 0 Å². The first-order chi connectivity index (χ1) is 7.29. The topological polar surface area (TPSA) is 9.23 Å². The lowest BCUT2D eigenvalue weighted by Gasteiger charge is -2.38. The third-order valence-electron chi connectivity index (χ3n) is 4.29. The maximum absolute atomic E-state index is 5.55. The Kier molecular flexibility index (Phi) is 4.51. The average Bonchev–Trinajstić information content (AvgIpc) is 2.29. The van der Waals surface area contributed by atoms with E-state index in [2.05, 4.69) is 15.9 Å². The molecule has 0 bridgehead atoms. The van der Waals surface area contributed by atoms with Crippen LogP contribution in [0.2, 0.25) is 0 Å².